The molecule has 1 aliphatic rings. The van der Waals surface area contributed by atoms with E-state index in [1.807, 2.05) is 32.0 Å². The zero-order valence-electron chi connectivity index (χ0n) is 16.7. The van der Waals surface area contributed by atoms with E-state index < -0.39 is 0 Å². The number of benzene rings is 2. The summed E-state index contributed by atoms with van der Waals surface area (Å²) < 4.78 is 5.36. The number of nitrogens with zero attached hydrogens (tertiary/aromatic N) is 2. The lowest BCUT2D eigenvalue weighted by atomic mass is 10.1. The van der Waals surface area contributed by atoms with Crippen LogP contribution < -0.4 is 15.0 Å². The molecule has 0 unspecified atom stereocenters. The van der Waals surface area contributed by atoms with Crippen LogP contribution in [0, 0.1) is 13.8 Å². The third-order valence-electron chi connectivity index (χ3n) is 5.22. The van der Waals surface area contributed by atoms with E-state index in [1.54, 1.807) is 7.11 Å². The lowest BCUT2D eigenvalue weighted by molar-refractivity contribution is -0.120. The van der Waals surface area contributed by atoms with Gasteiger partial charge in [-0.3, -0.25) is 9.69 Å². The summed E-state index contributed by atoms with van der Waals surface area (Å²) in [5.74, 6) is 0.688. The Balaban J connectivity index is 1.59. The summed E-state index contributed by atoms with van der Waals surface area (Å²) in [5, 5.41) is 3.03. The predicted molar refractivity (Wildman–Crippen MR) is 111 cm³/mol. The maximum absolute atomic E-state index is 12.8. The van der Waals surface area contributed by atoms with Crippen molar-refractivity contribution in [1.29, 1.82) is 0 Å². The van der Waals surface area contributed by atoms with E-state index in [-0.39, 0.29) is 11.9 Å². The Morgan fingerprint density at radius 3 is 2.41 bits per heavy atom. The Labute approximate surface area is 161 Å². The summed E-state index contributed by atoms with van der Waals surface area (Å²) in [6.07, 6.45) is 0. The van der Waals surface area contributed by atoms with Crippen LogP contribution in [-0.2, 0) is 4.79 Å². The molecule has 3 rings (SSSR count). The molecule has 2 aromatic carbocycles. The van der Waals surface area contributed by atoms with Crippen LogP contribution >= 0.6 is 0 Å². The van der Waals surface area contributed by atoms with Crippen molar-refractivity contribution in [1.82, 2.24) is 4.90 Å². The number of carbonyl (C=O) groups excluding carboxylic acids is 1. The van der Waals surface area contributed by atoms with Gasteiger partial charge in [-0.25, -0.2) is 0 Å². The van der Waals surface area contributed by atoms with E-state index in [2.05, 4.69) is 46.3 Å². The van der Waals surface area contributed by atoms with Crippen LogP contribution in [0.5, 0.6) is 5.75 Å². The molecule has 1 atom stereocenters. The summed E-state index contributed by atoms with van der Waals surface area (Å²) in [7, 11) is 1.62. The highest BCUT2D eigenvalue weighted by molar-refractivity contribution is 5.96. The molecule has 27 heavy (non-hydrogen) atoms. The van der Waals surface area contributed by atoms with Crippen molar-refractivity contribution in [3.8, 4) is 5.75 Å². The lowest BCUT2D eigenvalue weighted by Crippen LogP contribution is -2.52. The second kappa shape index (κ2) is 8.44. The summed E-state index contributed by atoms with van der Waals surface area (Å²) in [6, 6.07) is 14.2. The number of rotatable bonds is 5. The van der Waals surface area contributed by atoms with E-state index in [1.165, 1.54) is 11.3 Å². The van der Waals surface area contributed by atoms with Crippen molar-refractivity contribution in [2.75, 3.05) is 43.5 Å². The van der Waals surface area contributed by atoms with E-state index in [9.17, 15) is 4.79 Å². The van der Waals surface area contributed by atoms with Crippen LogP contribution in [0.15, 0.2) is 42.5 Å². The fraction of sp³-hybridized carbons (Fsp3) is 0.409. The first-order valence-corrected chi connectivity index (χ1v) is 9.49. The molecule has 1 fully saturated rings. The van der Waals surface area contributed by atoms with Crippen molar-refractivity contribution >= 4 is 17.3 Å². The highest BCUT2D eigenvalue weighted by Crippen LogP contribution is 2.26. The summed E-state index contributed by atoms with van der Waals surface area (Å²) in [4.78, 5) is 17.4. The summed E-state index contributed by atoms with van der Waals surface area (Å²) >= 11 is 0. The zero-order chi connectivity index (χ0) is 19.4. The number of ether oxygens (including phenoxy) is 1. The Morgan fingerprint density at radius 2 is 1.74 bits per heavy atom. The van der Waals surface area contributed by atoms with Gasteiger partial charge in [0.2, 0.25) is 5.91 Å². The zero-order valence-corrected chi connectivity index (χ0v) is 16.7. The first-order chi connectivity index (χ1) is 13.0. The first-order valence-electron chi connectivity index (χ1n) is 9.49. The topological polar surface area (TPSA) is 44.8 Å². The van der Waals surface area contributed by atoms with E-state index >= 15 is 0 Å². The molecule has 0 radical (unpaired) electrons. The van der Waals surface area contributed by atoms with Crippen LogP contribution in [0.25, 0.3) is 0 Å². The Morgan fingerprint density at radius 1 is 1.04 bits per heavy atom. The van der Waals surface area contributed by atoms with E-state index in [0.717, 1.165) is 37.4 Å². The van der Waals surface area contributed by atoms with Gasteiger partial charge in [0.15, 0.2) is 0 Å². The van der Waals surface area contributed by atoms with E-state index in [0.29, 0.717) is 5.75 Å². The SMILES string of the molecule is COc1ccc(C)cc1NC(=O)[C@@H](C)N1CCN(c2cccc(C)c2)CC1. The van der Waals surface area contributed by atoms with Gasteiger partial charge in [-0.15, -0.1) is 0 Å². The quantitative estimate of drug-likeness (QED) is 0.879. The molecule has 0 spiro atoms. The molecule has 0 bridgehead atoms. The minimum atomic E-state index is -0.185. The van der Waals surface area contributed by atoms with Crippen molar-refractivity contribution in [2.45, 2.75) is 26.8 Å². The number of aryl methyl sites for hydroxylation is 2. The third-order valence-corrected chi connectivity index (χ3v) is 5.22. The maximum atomic E-state index is 12.8. The molecule has 0 saturated carbocycles. The number of piperazine rings is 1. The highest BCUT2D eigenvalue weighted by Gasteiger charge is 2.26. The van der Waals surface area contributed by atoms with Crippen LogP contribution in [0.2, 0.25) is 0 Å². The van der Waals surface area contributed by atoms with Crippen LogP contribution in [0.1, 0.15) is 18.1 Å². The van der Waals surface area contributed by atoms with Gasteiger partial charge in [0.1, 0.15) is 5.75 Å². The molecular formula is C22H29N3O2. The fourth-order valence-corrected chi connectivity index (χ4v) is 3.51. The Kier molecular flexibility index (Phi) is 6.01. The average molecular weight is 367 g/mol. The minimum Gasteiger partial charge on any atom is -0.495 e. The predicted octanol–water partition coefficient (Wildman–Crippen LogP) is 3.46. The number of amides is 1. The summed E-state index contributed by atoms with van der Waals surface area (Å²) in [6.45, 7) is 9.68. The third kappa shape index (κ3) is 4.61. The van der Waals surface area contributed by atoms with Crippen molar-refractivity contribution in [2.24, 2.45) is 0 Å². The van der Waals surface area contributed by atoms with Crippen LogP contribution in [0.4, 0.5) is 11.4 Å². The van der Waals surface area contributed by atoms with E-state index in [4.69, 9.17) is 4.74 Å². The molecule has 5 nitrogen and oxygen atoms in total. The number of hydrogen-bond acceptors (Lipinski definition) is 4. The second-order valence-electron chi connectivity index (χ2n) is 7.23. The minimum absolute atomic E-state index is 0.00269. The van der Waals surface area contributed by atoms with Crippen LogP contribution in [0.3, 0.4) is 0 Å². The van der Waals surface area contributed by atoms with Crippen molar-refractivity contribution in [3.63, 3.8) is 0 Å². The average Bonchev–Trinajstić information content (AvgIpc) is 2.67. The molecule has 0 aromatic heterocycles. The van der Waals surface area contributed by atoms with Gasteiger partial charge in [0, 0.05) is 31.9 Å². The number of anilines is 2. The smallest absolute Gasteiger partial charge is 0.241 e. The second-order valence-corrected chi connectivity index (χ2v) is 7.23. The molecule has 1 amide bonds. The van der Waals surface area contributed by atoms with Gasteiger partial charge in [0.05, 0.1) is 18.8 Å². The molecule has 1 heterocycles. The number of methoxy groups -OCH3 is 1. The standard InChI is InChI=1S/C22H29N3O2/c1-16-6-5-7-19(14-16)25-12-10-24(11-13-25)18(3)22(26)23-20-15-17(2)8-9-21(20)27-4/h5-9,14-15,18H,10-13H2,1-4H3,(H,23,26)/t18-/m1/s1. The molecule has 1 saturated heterocycles. The molecule has 2 aromatic rings. The van der Waals surface area contributed by atoms with Crippen molar-refractivity contribution < 1.29 is 9.53 Å². The van der Waals surface area contributed by atoms with Crippen LogP contribution in [-0.4, -0.2) is 50.1 Å². The monoisotopic (exact) mass is 367 g/mol. The molecule has 0 aliphatic carbocycles. The molecular weight excluding hydrogens is 338 g/mol. The molecule has 5 heteroatoms. The molecule has 1 N–H and O–H groups in total. The van der Waals surface area contributed by atoms with Gasteiger partial charge in [-0.1, -0.05) is 18.2 Å². The summed E-state index contributed by atoms with van der Waals surface area (Å²) in [5.41, 5.74) is 4.35. The highest BCUT2D eigenvalue weighted by atomic mass is 16.5. The van der Waals surface area contributed by atoms with Gasteiger partial charge >= 0.3 is 0 Å². The number of carbonyl (C=O) groups is 1. The Hall–Kier alpha value is -2.53. The largest absolute Gasteiger partial charge is 0.495 e. The lowest BCUT2D eigenvalue weighted by Gasteiger charge is -2.38. The first kappa shape index (κ1) is 19.2. The molecule has 1 aliphatic heterocycles. The number of nitrogens with one attached hydrogen (secondary N) is 1. The fourth-order valence-electron chi connectivity index (χ4n) is 3.51. The maximum Gasteiger partial charge on any atom is 0.241 e. The van der Waals surface area contributed by atoms with Gasteiger partial charge < -0.3 is 15.0 Å². The normalized spacial score (nSPS) is 16.1. The van der Waals surface area contributed by atoms with Crippen molar-refractivity contribution in [3.05, 3.63) is 53.6 Å². The van der Waals surface area contributed by atoms with Gasteiger partial charge in [-0.05, 0) is 56.2 Å². The molecule has 144 valence electrons. The van der Waals surface area contributed by atoms with Gasteiger partial charge in [0.25, 0.3) is 0 Å². The van der Waals surface area contributed by atoms with Gasteiger partial charge in [-0.2, -0.15) is 0 Å². The Bertz CT molecular complexity index is 798. The number of hydrogen-bond donors (Lipinski definition) is 1.